The molecule has 0 saturated carbocycles. The molecule has 18 heavy (non-hydrogen) atoms. The van der Waals surface area contributed by atoms with Gasteiger partial charge in [0.25, 0.3) is 0 Å². The average Bonchev–Trinajstić information content (AvgIpc) is 2.43. The quantitative estimate of drug-likeness (QED) is 0.697. The molecule has 0 saturated heterocycles. The zero-order valence-corrected chi connectivity index (χ0v) is 11.2. The van der Waals surface area contributed by atoms with E-state index in [0.717, 1.165) is 17.9 Å². The van der Waals surface area contributed by atoms with E-state index in [0.29, 0.717) is 0 Å². The number of hydrogen-bond donors (Lipinski definition) is 0. The number of methoxy groups -OCH3 is 2. The summed E-state index contributed by atoms with van der Waals surface area (Å²) in [4.78, 5) is 2.59. The first-order chi connectivity index (χ1) is 8.81. The van der Waals surface area contributed by atoms with Gasteiger partial charge in [-0.3, -0.25) is 0 Å². The van der Waals surface area contributed by atoms with Crippen LogP contribution >= 0.6 is 11.8 Å². The van der Waals surface area contributed by atoms with Crippen LogP contribution in [0.4, 0.5) is 0 Å². The van der Waals surface area contributed by atoms with Crippen LogP contribution in [0.1, 0.15) is 11.1 Å². The van der Waals surface area contributed by atoms with Crippen molar-refractivity contribution in [3.8, 4) is 11.5 Å². The molecular weight excluding hydrogens is 244 g/mol. The Morgan fingerprint density at radius 2 is 1.61 bits per heavy atom. The first-order valence-corrected chi connectivity index (χ1v) is 6.64. The van der Waals surface area contributed by atoms with Crippen molar-refractivity contribution in [2.45, 2.75) is 16.2 Å². The lowest BCUT2D eigenvalue weighted by Crippen LogP contribution is -2.01. The van der Waals surface area contributed by atoms with Crippen molar-refractivity contribution in [1.82, 2.24) is 0 Å². The highest BCUT2D eigenvalue weighted by molar-refractivity contribution is 7.99. The van der Waals surface area contributed by atoms with Gasteiger partial charge in [-0.25, -0.2) is 0 Å². The maximum atomic E-state index is 5.36. The Bertz CT molecular complexity index is 541. The monoisotopic (exact) mass is 258 g/mol. The van der Waals surface area contributed by atoms with Crippen LogP contribution in [-0.4, -0.2) is 14.2 Å². The number of fused-ring (bicyclic) bond motifs is 2. The normalized spacial score (nSPS) is 12.6. The number of ether oxygens (including phenoxy) is 2. The lowest BCUT2D eigenvalue weighted by atomic mass is 10.0. The van der Waals surface area contributed by atoms with Crippen LogP contribution in [-0.2, 0) is 6.42 Å². The SMILES string of the molecule is COc1cc2c(cc1OC)Sc1ccccc1C2. The second-order valence-corrected chi connectivity index (χ2v) is 5.29. The maximum absolute atomic E-state index is 5.36. The third-order valence-corrected chi connectivity index (χ3v) is 4.36. The summed E-state index contributed by atoms with van der Waals surface area (Å²) in [5.41, 5.74) is 2.68. The fourth-order valence-corrected chi connectivity index (χ4v) is 3.29. The molecule has 2 nitrogen and oxygen atoms in total. The van der Waals surface area contributed by atoms with Crippen molar-refractivity contribution >= 4 is 11.8 Å². The summed E-state index contributed by atoms with van der Waals surface area (Å²) in [7, 11) is 3.35. The van der Waals surface area contributed by atoms with Gasteiger partial charge in [0.1, 0.15) is 0 Å². The number of hydrogen-bond acceptors (Lipinski definition) is 3. The molecule has 2 aromatic rings. The Labute approximate surface area is 111 Å². The second-order valence-electron chi connectivity index (χ2n) is 4.20. The smallest absolute Gasteiger partial charge is 0.161 e. The predicted molar refractivity (Wildman–Crippen MR) is 72.9 cm³/mol. The molecule has 0 aliphatic carbocycles. The summed E-state index contributed by atoms with van der Waals surface area (Å²) in [5, 5.41) is 0. The molecule has 0 aromatic heterocycles. The Kier molecular flexibility index (Phi) is 2.92. The lowest BCUT2D eigenvalue weighted by Gasteiger charge is -2.20. The van der Waals surface area contributed by atoms with Gasteiger partial charge < -0.3 is 9.47 Å². The molecule has 0 N–H and O–H groups in total. The van der Waals surface area contributed by atoms with Crippen molar-refractivity contribution in [2.75, 3.05) is 14.2 Å². The highest BCUT2D eigenvalue weighted by atomic mass is 32.2. The van der Waals surface area contributed by atoms with E-state index < -0.39 is 0 Å². The van der Waals surface area contributed by atoms with Crippen molar-refractivity contribution in [1.29, 1.82) is 0 Å². The molecule has 0 bridgehead atoms. The first-order valence-electron chi connectivity index (χ1n) is 5.82. The van der Waals surface area contributed by atoms with Crippen LogP contribution in [0, 0.1) is 0 Å². The van der Waals surface area contributed by atoms with E-state index in [1.165, 1.54) is 20.9 Å². The molecule has 2 aromatic carbocycles. The molecule has 0 unspecified atom stereocenters. The van der Waals surface area contributed by atoms with E-state index in [1.54, 1.807) is 26.0 Å². The largest absolute Gasteiger partial charge is 0.493 e. The number of benzene rings is 2. The highest BCUT2D eigenvalue weighted by Crippen LogP contribution is 2.43. The van der Waals surface area contributed by atoms with E-state index in [2.05, 4.69) is 36.4 Å². The van der Waals surface area contributed by atoms with Gasteiger partial charge in [0, 0.05) is 9.79 Å². The van der Waals surface area contributed by atoms with E-state index >= 15 is 0 Å². The molecule has 3 rings (SSSR count). The summed E-state index contributed by atoms with van der Waals surface area (Å²) in [6.07, 6.45) is 0.957. The van der Waals surface area contributed by atoms with Crippen molar-refractivity contribution < 1.29 is 9.47 Å². The van der Waals surface area contributed by atoms with Gasteiger partial charge in [0.2, 0.25) is 0 Å². The number of rotatable bonds is 2. The van der Waals surface area contributed by atoms with Crippen molar-refractivity contribution in [3.63, 3.8) is 0 Å². The summed E-state index contributed by atoms with van der Waals surface area (Å²) in [5.74, 6) is 1.60. The van der Waals surface area contributed by atoms with E-state index in [1.807, 2.05) is 0 Å². The topological polar surface area (TPSA) is 18.5 Å². The highest BCUT2D eigenvalue weighted by Gasteiger charge is 2.18. The van der Waals surface area contributed by atoms with Crippen LogP contribution < -0.4 is 9.47 Å². The minimum atomic E-state index is 0.795. The maximum Gasteiger partial charge on any atom is 0.161 e. The molecule has 92 valence electrons. The third-order valence-electron chi connectivity index (χ3n) is 3.14. The van der Waals surface area contributed by atoms with Gasteiger partial charge in [-0.05, 0) is 35.7 Å². The molecule has 0 radical (unpaired) electrons. The Morgan fingerprint density at radius 3 is 2.39 bits per heavy atom. The predicted octanol–water partition coefficient (Wildman–Crippen LogP) is 3.76. The molecule has 1 aliphatic rings. The minimum absolute atomic E-state index is 0.795. The molecule has 1 aliphatic heterocycles. The van der Waals surface area contributed by atoms with E-state index in [-0.39, 0.29) is 0 Å². The van der Waals surface area contributed by atoms with Gasteiger partial charge in [0.15, 0.2) is 11.5 Å². The summed E-state index contributed by atoms with van der Waals surface area (Å²) in [6.45, 7) is 0. The minimum Gasteiger partial charge on any atom is -0.493 e. The molecule has 1 heterocycles. The van der Waals surface area contributed by atoms with Crippen LogP contribution in [0.25, 0.3) is 0 Å². The average molecular weight is 258 g/mol. The zero-order valence-electron chi connectivity index (χ0n) is 10.4. The van der Waals surface area contributed by atoms with Crippen LogP contribution in [0.2, 0.25) is 0 Å². The fourth-order valence-electron chi connectivity index (χ4n) is 2.21. The van der Waals surface area contributed by atoms with Crippen molar-refractivity contribution in [3.05, 3.63) is 47.5 Å². The van der Waals surface area contributed by atoms with Gasteiger partial charge in [-0.15, -0.1) is 0 Å². The Morgan fingerprint density at radius 1 is 0.889 bits per heavy atom. The van der Waals surface area contributed by atoms with Gasteiger partial charge in [-0.2, -0.15) is 0 Å². The van der Waals surface area contributed by atoms with Crippen LogP contribution in [0.15, 0.2) is 46.2 Å². The Balaban J connectivity index is 2.07. The molecular formula is C15H14O2S. The summed E-state index contributed by atoms with van der Waals surface area (Å²) >= 11 is 1.80. The van der Waals surface area contributed by atoms with E-state index in [9.17, 15) is 0 Å². The Hall–Kier alpha value is -1.61. The van der Waals surface area contributed by atoms with Gasteiger partial charge in [0.05, 0.1) is 14.2 Å². The molecule has 0 amide bonds. The summed E-state index contributed by atoms with van der Waals surface area (Å²) in [6, 6.07) is 12.7. The standard InChI is InChI=1S/C15H14O2S/c1-16-12-8-11-7-10-5-3-4-6-14(10)18-15(11)9-13(12)17-2/h3-6,8-9H,7H2,1-2H3. The third kappa shape index (κ3) is 1.85. The lowest BCUT2D eigenvalue weighted by molar-refractivity contribution is 0.353. The van der Waals surface area contributed by atoms with Gasteiger partial charge >= 0.3 is 0 Å². The first kappa shape index (κ1) is 11.5. The molecule has 3 heteroatoms. The molecule has 0 spiro atoms. The van der Waals surface area contributed by atoms with Crippen LogP contribution in [0.3, 0.4) is 0 Å². The van der Waals surface area contributed by atoms with Gasteiger partial charge in [-0.1, -0.05) is 30.0 Å². The second kappa shape index (κ2) is 4.58. The summed E-state index contributed by atoms with van der Waals surface area (Å²) < 4.78 is 10.7. The van der Waals surface area contributed by atoms with Crippen LogP contribution in [0.5, 0.6) is 11.5 Å². The molecule has 0 atom stereocenters. The fraction of sp³-hybridized carbons (Fsp3) is 0.200. The zero-order chi connectivity index (χ0) is 12.5. The van der Waals surface area contributed by atoms with Crippen molar-refractivity contribution in [2.24, 2.45) is 0 Å². The van der Waals surface area contributed by atoms with E-state index in [4.69, 9.17) is 9.47 Å². The molecule has 0 fully saturated rings.